The molecule has 0 atom stereocenters. The van der Waals surface area contributed by atoms with Crippen molar-refractivity contribution in [3.8, 4) is 28.8 Å². The van der Waals surface area contributed by atoms with Gasteiger partial charge in [-0.3, -0.25) is 4.90 Å². The Morgan fingerprint density at radius 1 is 1.03 bits per heavy atom. The van der Waals surface area contributed by atoms with Gasteiger partial charge in [0.05, 0.1) is 24.0 Å². The fraction of sp³-hybridized carbons (Fsp3) is 0.429. The second-order valence-corrected chi connectivity index (χ2v) is 9.60. The van der Waals surface area contributed by atoms with E-state index in [1.807, 2.05) is 24.3 Å². The molecule has 0 amide bonds. The largest absolute Gasteiger partial charge is 0.507 e. The van der Waals surface area contributed by atoms with Crippen LogP contribution in [0.5, 0.6) is 5.75 Å². The first-order valence-electron chi connectivity index (χ1n) is 13.1. The van der Waals surface area contributed by atoms with Crippen molar-refractivity contribution in [1.29, 1.82) is 0 Å². The van der Waals surface area contributed by atoms with Crippen LogP contribution in [0.4, 0.5) is 17.3 Å². The van der Waals surface area contributed by atoms with Crippen LogP contribution < -0.4 is 15.5 Å². The fourth-order valence-corrected chi connectivity index (χ4v) is 4.97. The summed E-state index contributed by atoms with van der Waals surface area (Å²) in [4.78, 5) is 15.9. The third kappa shape index (κ3) is 6.13. The first-order valence-corrected chi connectivity index (χ1v) is 13.1. The van der Waals surface area contributed by atoms with Gasteiger partial charge in [-0.1, -0.05) is 18.1 Å². The van der Waals surface area contributed by atoms with Gasteiger partial charge in [-0.05, 0) is 49.4 Å². The number of hydrogen-bond donors (Lipinski definition) is 2. The number of methoxy groups -OCH3 is 1. The number of para-hydroxylation sites is 1. The maximum absolute atomic E-state index is 10.3. The molecule has 2 saturated heterocycles. The van der Waals surface area contributed by atoms with Gasteiger partial charge in [-0.2, -0.15) is 0 Å². The van der Waals surface area contributed by atoms with E-state index in [4.69, 9.17) is 15.5 Å². The third-order valence-corrected chi connectivity index (χ3v) is 7.15. The number of hydrogen-bond acceptors (Lipinski definition) is 10. The van der Waals surface area contributed by atoms with Gasteiger partial charge in [0, 0.05) is 58.1 Å². The molecule has 2 aliphatic heterocycles. The first kappa shape index (κ1) is 25.7. The zero-order chi connectivity index (χ0) is 26.3. The summed E-state index contributed by atoms with van der Waals surface area (Å²) >= 11 is 0. The smallest absolute Gasteiger partial charge is 0.206 e. The summed E-state index contributed by atoms with van der Waals surface area (Å²) in [5.41, 5.74) is 8.28. The normalized spacial score (nSPS) is 17.1. The number of aromatic hydroxyl groups is 1. The van der Waals surface area contributed by atoms with Crippen molar-refractivity contribution in [3.63, 3.8) is 0 Å². The molecule has 198 valence electrons. The Labute approximate surface area is 223 Å². The lowest BCUT2D eigenvalue weighted by molar-refractivity contribution is 0.0450. The molecule has 10 nitrogen and oxygen atoms in total. The molecule has 2 aliphatic rings. The molecule has 0 spiro atoms. The number of nitrogens with zero attached hydrogens (tertiary/aromatic N) is 7. The van der Waals surface area contributed by atoms with E-state index in [1.54, 1.807) is 25.4 Å². The zero-order valence-corrected chi connectivity index (χ0v) is 21.8. The van der Waals surface area contributed by atoms with Crippen LogP contribution in [-0.4, -0.2) is 89.2 Å². The predicted molar refractivity (Wildman–Crippen MR) is 148 cm³/mol. The van der Waals surface area contributed by atoms with E-state index in [0.29, 0.717) is 35.5 Å². The van der Waals surface area contributed by atoms with Crippen LogP contribution in [0, 0.1) is 11.8 Å². The highest BCUT2D eigenvalue weighted by molar-refractivity contribution is 5.74. The van der Waals surface area contributed by atoms with Crippen molar-refractivity contribution in [2.45, 2.75) is 25.4 Å². The minimum atomic E-state index is 0.165. The van der Waals surface area contributed by atoms with Crippen molar-refractivity contribution in [2.75, 3.05) is 68.5 Å². The number of nitrogens with two attached hydrogens (primary N) is 1. The monoisotopic (exact) mass is 514 g/mol. The van der Waals surface area contributed by atoms with Crippen LogP contribution in [-0.2, 0) is 4.74 Å². The SMILES string of the molecule is COC1CCN(CC#Cc2nccc(N3CCCN(c4cc(-c5ccccc5O)nnc4N)CC3)n2)CC1. The van der Waals surface area contributed by atoms with E-state index >= 15 is 0 Å². The standard InChI is InChI=1S/C28H34N8O2/c1-38-21-10-16-34(17-11-21)13-4-8-26-30-12-9-27(31-26)36-15-5-14-35(18-19-36)24-20-23(32-33-28(24)29)22-6-2-3-7-25(22)37/h2-3,6-7,9,12,20-21,37H,5,10-11,13-19H2,1H3,(H2,29,33). The highest BCUT2D eigenvalue weighted by Gasteiger charge is 2.21. The highest BCUT2D eigenvalue weighted by atomic mass is 16.5. The predicted octanol–water partition coefficient (Wildman–Crippen LogP) is 2.40. The summed E-state index contributed by atoms with van der Waals surface area (Å²) in [7, 11) is 1.78. The van der Waals surface area contributed by atoms with Gasteiger partial charge in [0.2, 0.25) is 5.82 Å². The van der Waals surface area contributed by atoms with Crippen LogP contribution in [0.3, 0.4) is 0 Å². The Morgan fingerprint density at radius 2 is 1.82 bits per heavy atom. The number of likely N-dealkylation sites (tertiary alicyclic amines) is 1. The van der Waals surface area contributed by atoms with E-state index in [-0.39, 0.29) is 5.75 Å². The number of phenols is 1. The molecule has 4 heterocycles. The van der Waals surface area contributed by atoms with Gasteiger partial charge in [-0.15, -0.1) is 10.2 Å². The van der Waals surface area contributed by atoms with Crippen molar-refractivity contribution < 1.29 is 9.84 Å². The fourth-order valence-electron chi connectivity index (χ4n) is 4.97. The van der Waals surface area contributed by atoms with Crippen molar-refractivity contribution >= 4 is 17.3 Å². The van der Waals surface area contributed by atoms with Gasteiger partial charge in [0.25, 0.3) is 0 Å². The van der Waals surface area contributed by atoms with E-state index in [1.165, 1.54) is 0 Å². The van der Waals surface area contributed by atoms with Crippen LogP contribution in [0.15, 0.2) is 42.6 Å². The summed E-state index contributed by atoms with van der Waals surface area (Å²) in [6.07, 6.45) is 5.17. The average molecular weight is 515 g/mol. The van der Waals surface area contributed by atoms with E-state index < -0.39 is 0 Å². The molecule has 38 heavy (non-hydrogen) atoms. The lowest BCUT2D eigenvalue weighted by Crippen LogP contribution is -2.36. The zero-order valence-electron chi connectivity index (χ0n) is 21.8. The number of nitrogen functional groups attached to an aromatic ring is 1. The second kappa shape index (κ2) is 12.1. The molecule has 10 heteroatoms. The Morgan fingerprint density at radius 3 is 2.63 bits per heavy atom. The molecule has 2 aromatic heterocycles. The molecule has 2 fully saturated rings. The molecule has 3 N–H and O–H groups in total. The molecule has 0 bridgehead atoms. The van der Waals surface area contributed by atoms with Crippen molar-refractivity contribution in [2.24, 2.45) is 0 Å². The van der Waals surface area contributed by atoms with Crippen molar-refractivity contribution in [1.82, 2.24) is 25.1 Å². The number of anilines is 3. The summed E-state index contributed by atoms with van der Waals surface area (Å²) in [6, 6.07) is 11.0. The maximum Gasteiger partial charge on any atom is 0.206 e. The quantitative estimate of drug-likeness (QED) is 0.492. The molecule has 3 aromatic rings. The number of ether oxygens (including phenoxy) is 1. The number of benzene rings is 1. The van der Waals surface area contributed by atoms with E-state index in [2.05, 4.69) is 41.7 Å². The van der Waals surface area contributed by atoms with Crippen LogP contribution in [0.1, 0.15) is 25.1 Å². The minimum absolute atomic E-state index is 0.165. The maximum atomic E-state index is 10.3. The molecular formula is C28H34N8O2. The van der Waals surface area contributed by atoms with Gasteiger partial charge in [0.15, 0.2) is 5.82 Å². The molecule has 0 radical (unpaired) electrons. The third-order valence-electron chi connectivity index (χ3n) is 7.15. The molecule has 0 saturated carbocycles. The van der Waals surface area contributed by atoms with Gasteiger partial charge >= 0.3 is 0 Å². The van der Waals surface area contributed by atoms with Gasteiger partial charge in [0.1, 0.15) is 11.6 Å². The first-order chi connectivity index (χ1) is 18.6. The van der Waals surface area contributed by atoms with Gasteiger partial charge in [-0.25, -0.2) is 9.97 Å². The number of aromatic nitrogens is 4. The van der Waals surface area contributed by atoms with Crippen molar-refractivity contribution in [3.05, 3.63) is 48.4 Å². The average Bonchev–Trinajstić information content (AvgIpc) is 3.21. The number of piperidine rings is 1. The summed E-state index contributed by atoms with van der Waals surface area (Å²) in [5.74, 6) is 8.36. The van der Waals surface area contributed by atoms with Gasteiger partial charge < -0.3 is 25.4 Å². The Hall–Kier alpha value is -3.94. The van der Waals surface area contributed by atoms with Crippen LogP contribution in [0.25, 0.3) is 11.3 Å². The second-order valence-electron chi connectivity index (χ2n) is 9.60. The summed E-state index contributed by atoms with van der Waals surface area (Å²) in [6.45, 7) is 5.93. The minimum Gasteiger partial charge on any atom is -0.507 e. The lowest BCUT2D eigenvalue weighted by atomic mass is 10.1. The molecule has 0 aliphatic carbocycles. The van der Waals surface area contributed by atoms with E-state index in [9.17, 15) is 5.11 Å². The van der Waals surface area contributed by atoms with E-state index in [0.717, 1.165) is 70.0 Å². The molecule has 1 aromatic carbocycles. The Bertz CT molecular complexity index is 1300. The van der Waals surface area contributed by atoms with Crippen LogP contribution in [0.2, 0.25) is 0 Å². The Balaban J connectivity index is 1.23. The summed E-state index contributed by atoms with van der Waals surface area (Å²) < 4.78 is 5.45. The molecule has 5 rings (SSSR count). The van der Waals surface area contributed by atoms with Crippen LogP contribution >= 0.6 is 0 Å². The topological polar surface area (TPSA) is 117 Å². The Kier molecular flexibility index (Phi) is 8.16. The molecular weight excluding hydrogens is 480 g/mol. The number of rotatable bonds is 5. The lowest BCUT2D eigenvalue weighted by Gasteiger charge is -2.29. The molecule has 0 unspecified atom stereocenters. The summed E-state index contributed by atoms with van der Waals surface area (Å²) in [5, 5.41) is 18.6. The highest BCUT2D eigenvalue weighted by Crippen LogP contribution is 2.31. The number of phenolic OH excluding ortho intramolecular Hbond substituents is 1.